The zero-order valence-electron chi connectivity index (χ0n) is 13.9. The van der Waals surface area contributed by atoms with Gasteiger partial charge in [0, 0.05) is 5.69 Å². The van der Waals surface area contributed by atoms with Crippen LogP contribution in [-0.2, 0) is 4.79 Å². The molecule has 0 bridgehead atoms. The Hall–Kier alpha value is -2.97. The molecule has 0 aliphatic rings. The van der Waals surface area contributed by atoms with Crippen molar-refractivity contribution < 1.29 is 14.3 Å². The Morgan fingerprint density at radius 3 is 2.64 bits per heavy atom. The van der Waals surface area contributed by atoms with Gasteiger partial charge >= 0.3 is 0 Å². The lowest BCUT2D eigenvalue weighted by molar-refractivity contribution is -0.112. The highest BCUT2D eigenvalue weighted by Gasteiger charge is 2.13. The number of nitrogens with one attached hydrogen (secondary N) is 1. The standard InChI is InChI=1S/C19H17ClN2O3/c1-3-25-17-11-13(10-16(20)18(17)24-2)9-14(12-21)19(23)22-15-7-5-4-6-8-15/h4-11H,3H2,1-2H3,(H,22,23)/b14-9+. The third-order valence-corrected chi connectivity index (χ3v) is 3.52. The van der Waals surface area contributed by atoms with E-state index in [4.69, 9.17) is 21.1 Å². The van der Waals surface area contributed by atoms with E-state index in [9.17, 15) is 10.1 Å². The van der Waals surface area contributed by atoms with E-state index in [0.717, 1.165) is 0 Å². The third kappa shape index (κ3) is 4.75. The number of ether oxygens (including phenoxy) is 2. The van der Waals surface area contributed by atoms with E-state index in [2.05, 4.69) is 5.32 Å². The first kappa shape index (κ1) is 18.4. The monoisotopic (exact) mass is 356 g/mol. The van der Waals surface area contributed by atoms with Gasteiger partial charge in [0.25, 0.3) is 5.91 Å². The molecule has 0 aromatic heterocycles. The number of benzene rings is 2. The van der Waals surface area contributed by atoms with Gasteiger partial charge in [-0.25, -0.2) is 0 Å². The van der Waals surface area contributed by atoms with Gasteiger partial charge in [-0.1, -0.05) is 29.8 Å². The van der Waals surface area contributed by atoms with Crippen LogP contribution in [0.4, 0.5) is 5.69 Å². The number of carbonyl (C=O) groups excluding carboxylic acids is 1. The molecule has 0 heterocycles. The minimum Gasteiger partial charge on any atom is -0.491 e. The number of halogens is 1. The summed E-state index contributed by atoms with van der Waals surface area (Å²) in [7, 11) is 1.49. The molecule has 0 spiro atoms. The highest BCUT2D eigenvalue weighted by atomic mass is 35.5. The summed E-state index contributed by atoms with van der Waals surface area (Å²) in [6.45, 7) is 2.27. The van der Waals surface area contributed by atoms with Crippen LogP contribution in [0, 0.1) is 11.3 Å². The molecule has 0 saturated heterocycles. The molecular weight excluding hydrogens is 340 g/mol. The SMILES string of the molecule is CCOc1cc(/C=C(\C#N)C(=O)Nc2ccccc2)cc(Cl)c1OC. The molecule has 1 amide bonds. The first-order chi connectivity index (χ1) is 12.1. The number of rotatable bonds is 6. The van der Waals surface area contributed by atoms with Crippen molar-refractivity contribution in [1.82, 2.24) is 0 Å². The van der Waals surface area contributed by atoms with Crippen LogP contribution in [0.5, 0.6) is 11.5 Å². The molecule has 0 atom stereocenters. The number of anilines is 1. The molecule has 0 fully saturated rings. The van der Waals surface area contributed by atoms with Crippen LogP contribution in [0.3, 0.4) is 0 Å². The Kier molecular flexibility index (Phi) is 6.44. The lowest BCUT2D eigenvalue weighted by atomic mass is 10.1. The van der Waals surface area contributed by atoms with Gasteiger partial charge in [-0.2, -0.15) is 5.26 Å². The lowest BCUT2D eigenvalue weighted by Gasteiger charge is -2.12. The molecule has 2 aromatic carbocycles. The van der Waals surface area contributed by atoms with Crippen LogP contribution in [0.25, 0.3) is 6.08 Å². The van der Waals surface area contributed by atoms with Crippen molar-refractivity contribution in [1.29, 1.82) is 5.26 Å². The molecule has 0 radical (unpaired) electrons. The topological polar surface area (TPSA) is 71.3 Å². The number of methoxy groups -OCH3 is 1. The number of para-hydroxylation sites is 1. The van der Waals surface area contributed by atoms with Crippen molar-refractivity contribution in [3.8, 4) is 17.6 Å². The van der Waals surface area contributed by atoms with Crippen molar-refractivity contribution in [2.45, 2.75) is 6.92 Å². The minimum absolute atomic E-state index is 0.0486. The molecule has 5 nitrogen and oxygen atoms in total. The predicted molar refractivity (Wildman–Crippen MR) is 97.8 cm³/mol. The molecule has 1 N–H and O–H groups in total. The molecule has 128 valence electrons. The number of carbonyl (C=O) groups is 1. The van der Waals surface area contributed by atoms with E-state index in [1.165, 1.54) is 13.2 Å². The summed E-state index contributed by atoms with van der Waals surface area (Å²) >= 11 is 6.19. The van der Waals surface area contributed by atoms with Crippen molar-refractivity contribution in [2.75, 3.05) is 19.0 Å². The van der Waals surface area contributed by atoms with Crippen LogP contribution in [0.15, 0.2) is 48.0 Å². The maximum atomic E-state index is 12.3. The number of nitriles is 1. The quantitative estimate of drug-likeness (QED) is 0.619. The average Bonchev–Trinajstić information content (AvgIpc) is 2.60. The summed E-state index contributed by atoms with van der Waals surface area (Å²) in [6, 6.07) is 14.1. The van der Waals surface area contributed by atoms with E-state index in [0.29, 0.717) is 34.4 Å². The first-order valence-corrected chi connectivity index (χ1v) is 7.95. The van der Waals surface area contributed by atoms with Crippen molar-refractivity contribution in [3.63, 3.8) is 0 Å². The molecule has 2 rings (SSSR count). The zero-order valence-corrected chi connectivity index (χ0v) is 14.6. The number of amides is 1. The fourth-order valence-electron chi connectivity index (χ4n) is 2.17. The first-order valence-electron chi connectivity index (χ1n) is 7.57. The van der Waals surface area contributed by atoms with Gasteiger partial charge in [0.1, 0.15) is 11.6 Å². The summed E-state index contributed by atoms with van der Waals surface area (Å²) in [5.74, 6) is 0.357. The van der Waals surface area contributed by atoms with E-state index in [1.807, 2.05) is 19.1 Å². The van der Waals surface area contributed by atoms with Gasteiger partial charge < -0.3 is 14.8 Å². The predicted octanol–water partition coefficient (Wildman–Crippen LogP) is 4.29. The molecule has 0 unspecified atom stereocenters. The normalized spacial score (nSPS) is 10.7. The van der Waals surface area contributed by atoms with Crippen LogP contribution >= 0.6 is 11.6 Å². The lowest BCUT2D eigenvalue weighted by Crippen LogP contribution is -2.13. The molecule has 0 saturated carbocycles. The second-order valence-corrected chi connectivity index (χ2v) is 5.36. The molecule has 0 aliphatic carbocycles. The van der Waals surface area contributed by atoms with E-state index in [1.54, 1.807) is 36.4 Å². The fourth-order valence-corrected chi connectivity index (χ4v) is 2.46. The minimum atomic E-state index is -0.501. The highest BCUT2D eigenvalue weighted by Crippen LogP contribution is 2.36. The summed E-state index contributed by atoms with van der Waals surface area (Å²) in [4.78, 5) is 12.3. The second kappa shape index (κ2) is 8.76. The van der Waals surface area contributed by atoms with E-state index < -0.39 is 5.91 Å². The molecule has 0 aliphatic heterocycles. The average molecular weight is 357 g/mol. The van der Waals surface area contributed by atoms with Gasteiger partial charge in [-0.3, -0.25) is 4.79 Å². The Bertz CT molecular complexity index is 827. The van der Waals surface area contributed by atoms with Gasteiger partial charge in [0.05, 0.1) is 18.7 Å². The molecule has 2 aromatic rings. The summed E-state index contributed by atoms with van der Waals surface area (Å²) < 4.78 is 10.7. The second-order valence-electron chi connectivity index (χ2n) is 4.96. The largest absolute Gasteiger partial charge is 0.491 e. The van der Waals surface area contributed by atoms with Crippen LogP contribution in [0.2, 0.25) is 5.02 Å². The van der Waals surface area contributed by atoms with Crippen LogP contribution in [0.1, 0.15) is 12.5 Å². The van der Waals surface area contributed by atoms with Crippen LogP contribution < -0.4 is 14.8 Å². The highest BCUT2D eigenvalue weighted by molar-refractivity contribution is 6.32. The molecule has 6 heteroatoms. The van der Waals surface area contributed by atoms with E-state index in [-0.39, 0.29) is 5.57 Å². The van der Waals surface area contributed by atoms with Crippen molar-refractivity contribution in [2.24, 2.45) is 0 Å². The van der Waals surface area contributed by atoms with Gasteiger partial charge in [-0.05, 0) is 42.8 Å². The number of nitrogens with zero attached hydrogens (tertiary/aromatic N) is 1. The van der Waals surface area contributed by atoms with Crippen LogP contribution in [-0.4, -0.2) is 19.6 Å². The van der Waals surface area contributed by atoms with Crippen molar-refractivity contribution >= 4 is 29.3 Å². The summed E-state index contributed by atoms with van der Waals surface area (Å²) in [5, 5.41) is 12.3. The van der Waals surface area contributed by atoms with Gasteiger partial charge in [0.15, 0.2) is 11.5 Å². The smallest absolute Gasteiger partial charge is 0.266 e. The van der Waals surface area contributed by atoms with E-state index >= 15 is 0 Å². The zero-order chi connectivity index (χ0) is 18.2. The maximum Gasteiger partial charge on any atom is 0.266 e. The Balaban J connectivity index is 2.32. The fraction of sp³-hybridized carbons (Fsp3) is 0.158. The summed E-state index contributed by atoms with van der Waals surface area (Å²) in [6.07, 6.45) is 1.45. The summed E-state index contributed by atoms with van der Waals surface area (Å²) in [5.41, 5.74) is 1.12. The maximum absolute atomic E-state index is 12.3. The third-order valence-electron chi connectivity index (χ3n) is 3.24. The van der Waals surface area contributed by atoms with Crippen molar-refractivity contribution in [3.05, 3.63) is 58.6 Å². The Morgan fingerprint density at radius 1 is 1.32 bits per heavy atom. The Morgan fingerprint density at radius 2 is 2.04 bits per heavy atom. The number of hydrogen-bond acceptors (Lipinski definition) is 4. The van der Waals surface area contributed by atoms with Gasteiger partial charge in [-0.15, -0.1) is 0 Å². The molecular formula is C19H17ClN2O3. The van der Waals surface area contributed by atoms with Gasteiger partial charge in [0.2, 0.25) is 0 Å². The Labute approximate surface area is 151 Å². The number of hydrogen-bond donors (Lipinski definition) is 1. The molecule has 25 heavy (non-hydrogen) atoms.